The SMILES string of the molecule is CNC(c1ccc2c(c1)OCO2)C1CNCCN1C. The van der Waals surface area contributed by atoms with Crippen LogP contribution in [0.25, 0.3) is 0 Å². The molecule has 0 amide bonds. The van der Waals surface area contributed by atoms with Crippen LogP contribution < -0.4 is 20.1 Å². The van der Waals surface area contributed by atoms with Crippen molar-refractivity contribution in [1.82, 2.24) is 15.5 Å². The molecule has 0 spiro atoms. The van der Waals surface area contributed by atoms with Crippen LogP contribution in [0.15, 0.2) is 18.2 Å². The molecule has 2 unspecified atom stereocenters. The van der Waals surface area contributed by atoms with E-state index < -0.39 is 0 Å². The van der Waals surface area contributed by atoms with Gasteiger partial charge in [-0.2, -0.15) is 0 Å². The molecule has 2 atom stereocenters. The Bertz CT molecular complexity index is 452. The lowest BCUT2D eigenvalue weighted by Gasteiger charge is -2.38. The Balaban J connectivity index is 1.85. The number of fused-ring (bicyclic) bond motifs is 1. The molecule has 1 fully saturated rings. The van der Waals surface area contributed by atoms with Gasteiger partial charge in [-0.25, -0.2) is 0 Å². The highest BCUT2D eigenvalue weighted by Gasteiger charge is 2.28. The van der Waals surface area contributed by atoms with E-state index in [-0.39, 0.29) is 6.04 Å². The summed E-state index contributed by atoms with van der Waals surface area (Å²) in [6, 6.07) is 6.94. The van der Waals surface area contributed by atoms with Gasteiger partial charge >= 0.3 is 0 Å². The molecule has 1 saturated heterocycles. The van der Waals surface area contributed by atoms with Crippen molar-refractivity contribution in [2.45, 2.75) is 12.1 Å². The molecule has 0 saturated carbocycles. The van der Waals surface area contributed by atoms with Gasteiger partial charge < -0.3 is 20.1 Å². The molecule has 1 aromatic carbocycles. The minimum absolute atomic E-state index is 0.285. The van der Waals surface area contributed by atoms with Crippen LogP contribution in [-0.4, -0.2) is 51.5 Å². The van der Waals surface area contributed by atoms with Crippen molar-refractivity contribution in [2.75, 3.05) is 40.5 Å². The third-order valence-electron chi connectivity index (χ3n) is 4.01. The molecule has 0 aliphatic carbocycles. The van der Waals surface area contributed by atoms with E-state index in [4.69, 9.17) is 9.47 Å². The highest BCUT2D eigenvalue weighted by molar-refractivity contribution is 5.45. The average molecular weight is 263 g/mol. The van der Waals surface area contributed by atoms with Gasteiger partial charge in [0.1, 0.15) is 0 Å². The zero-order chi connectivity index (χ0) is 13.2. The molecule has 1 aromatic rings. The predicted molar refractivity (Wildman–Crippen MR) is 73.7 cm³/mol. The Labute approximate surface area is 113 Å². The summed E-state index contributed by atoms with van der Waals surface area (Å²) >= 11 is 0. The molecule has 5 nitrogen and oxygen atoms in total. The summed E-state index contributed by atoms with van der Waals surface area (Å²) in [5, 5.41) is 6.90. The molecule has 5 heteroatoms. The first kappa shape index (κ1) is 12.7. The smallest absolute Gasteiger partial charge is 0.231 e. The van der Waals surface area contributed by atoms with E-state index in [1.54, 1.807) is 0 Å². The Morgan fingerprint density at radius 2 is 2.21 bits per heavy atom. The van der Waals surface area contributed by atoms with Crippen molar-refractivity contribution in [3.05, 3.63) is 23.8 Å². The second-order valence-corrected chi connectivity index (χ2v) is 5.13. The maximum atomic E-state index is 5.47. The van der Waals surface area contributed by atoms with E-state index in [1.165, 1.54) is 5.56 Å². The fraction of sp³-hybridized carbons (Fsp3) is 0.571. The third kappa shape index (κ3) is 2.41. The van der Waals surface area contributed by atoms with Gasteiger partial charge in [-0.1, -0.05) is 6.07 Å². The van der Waals surface area contributed by atoms with Crippen molar-refractivity contribution >= 4 is 0 Å². The third-order valence-corrected chi connectivity index (χ3v) is 4.01. The summed E-state index contributed by atoms with van der Waals surface area (Å²) in [4.78, 5) is 2.41. The van der Waals surface area contributed by atoms with Crippen LogP contribution in [0.1, 0.15) is 11.6 Å². The summed E-state index contributed by atoms with van der Waals surface area (Å²) < 4.78 is 10.8. The molecule has 2 heterocycles. The van der Waals surface area contributed by atoms with E-state index in [1.807, 2.05) is 13.1 Å². The standard InChI is InChI=1S/C14H21N3O2/c1-15-14(11-8-16-5-6-17(11)2)10-3-4-12-13(7-10)19-9-18-12/h3-4,7,11,14-16H,5-6,8-9H2,1-2H3. The van der Waals surface area contributed by atoms with Gasteiger partial charge in [0, 0.05) is 31.7 Å². The lowest BCUT2D eigenvalue weighted by molar-refractivity contribution is 0.161. The van der Waals surface area contributed by atoms with Crippen molar-refractivity contribution in [1.29, 1.82) is 0 Å². The molecule has 2 aliphatic rings. The number of piperazine rings is 1. The number of nitrogens with one attached hydrogen (secondary N) is 2. The van der Waals surface area contributed by atoms with Gasteiger partial charge in [0.2, 0.25) is 6.79 Å². The number of likely N-dealkylation sites (N-methyl/N-ethyl adjacent to an activating group) is 2. The lowest BCUT2D eigenvalue weighted by atomic mass is 9.96. The van der Waals surface area contributed by atoms with Crippen molar-refractivity contribution in [3.63, 3.8) is 0 Å². The van der Waals surface area contributed by atoms with Crippen molar-refractivity contribution < 1.29 is 9.47 Å². The summed E-state index contributed by atoms with van der Waals surface area (Å²) in [6.45, 7) is 3.46. The van der Waals surface area contributed by atoms with Crippen LogP contribution in [0.5, 0.6) is 11.5 Å². The highest BCUT2D eigenvalue weighted by atomic mass is 16.7. The summed E-state index contributed by atoms with van der Waals surface area (Å²) in [5.41, 5.74) is 1.24. The van der Waals surface area contributed by atoms with Gasteiger partial charge in [0.05, 0.1) is 0 Å². The second-order valence-electron chi connectivity index (χ2n) is 5.13. The molecule has 2 aliphatic heterocycles. The van der Waals surface area contributed by atoms with E-state index in [2.05, 4.69) is 34.7 Å². The molecular formula is C14H21N3O2. The van der Waals surface area contributed by atoms with Crippen LogP contribution in [-0.2, 0) is 0 Å². The van der Waals surface area contributed by atoms with Gasteiger partial charge in [-0.05, 0) is 31.8 Å². The summed E-state index contributed by atoms with van der Waals surface area (Å²) in [6.07, 6.45) is 0. The van der Waals surface area contributed by atoms with Crippen molar-refractivity contribution in [2.24, 2.45) is 0 Å². The molecule has 0 radical (unpaired) electrons. The first-order valence-corrected chi connectivity index (χ1v) is 6.77. The number of benzene rings is 1. The second kappa shape index (κ2) is 5.36. The minimum atomic E-state index is 0.285. The van der Waals surface area contributed by atoms with E-state index >= 15 is 0 Å². The van der Waals surface area contributed by atoms with Crippen LogP contribution in [0.2, 0.25) is 0 Å². The Morgan fingerprint density at radius 1 is 1.37 bits per heavy atom. The first-order chi connectivity index (χ1) is 9.29. The maximum Gasteiger partial charge on any atom is 0.231 e. The zero-order valence-electron chi connectivity index (χ0n) is 11.5. The molecule has 104 valence electrons. The van der Waals surface area contributed by atoms with Gasteiger partial charge in [-0.15, -0.1) is 0 Å². The van der Waals surface area contributed by atoms with Gasteiger partial charge in [0.25, 0.3) is 0 Å². The summed E-state index contributed by atoms with van der Waals surface area (Å²) in [7, 11) is 4.19. The number of rotatable bonds is 3. The Kier molecular flexibility index (Phi) is 3.59. The molecule has 0 bridgehead atoms. The number of hydrogen-bond acceptors (Lipinski definition) is 5. The number of nitrogens with zero attached hydrogens (tertiary/aromatic N) is 1. The minimum Gasteiger partial charge on any atom is -0.454 e. The normalized spacial score (nSPS) is 24.4. The first-order valence-electron chi connectivity index (χ1n) is 6.77. The van der Waals surface area contributed by atoms with Crippen molar-refractivity contribution in [3.8, 4) is 11.5 Å². The molecular weight excluding hydrogens is 242 g/mol. The zero-order valence-corrected chi connectivity index (χ0v) is 11.5. The molecule has 0 aromatic heterocycles. The Hall–Kier alpha value is -1.30. The van der Waals surface area contributed by atoms with Crippen LogP contribution in [0, 0.1) is 0 Å². The summed E-state index contributed by atoms with van der Waals surface area (Å²) in [5.74, 6) is 1.69. The van der Waals surface area contributed by atoms with Crippen LogP contribution in [0.4, 0.5) is 0 Å². The fourth-order valence-electron chi connectivity index (χ4n) is 2.89. The lowest BCUT2D eigenvalue weighted by Crippen LogP contribution is -2.54. The topological polar surface area (TPSA) is 45.8 Å². The quantitative estimate of drug-likeness (QED) is 0.835. The van der Waals surface area contributed by atoms with E-state index in [0.29, 0.717) is 12.8 Å². The number of hydrogen-bond donors (Lipinski definition) is 2. The van der Waals surface area contributed by atoms with Crippen LogP contribution in [0.3, 0.4) is 0 Å². The highest BCUT2D eigenvalue weighted by Crippen LogP contribution is 2.35. The Morgan fingerprint density at radius 3 is 3.00 bits per heavy atom. The maximum absolute atomic E-state index is 5.47. The predicted octanol–water partition coefficient (Wildman–Crippen LogP) is 0.579. The van der Waals surface area contributed by atoms with Crippen LogP contribution >= 0.6 is 0 Å². The monoisotopic (exact) mass is 263 g/mol. The number of ether oxygens (including phenoxy) is 2. The average Bonchev–Trinajstić information content (AvgIpc) is 2.89. The van der Waals surface area contributed by atoms with E-state index in [0.717, 1.165) is 31.1 Å². The largest absolute Gasteiger partial charge is 0.454 e. The fourth-order valence-corrected chi connectivity index (χ4v) is 2.89. The van der Waals surface area contributed by atoms with Gasteiger partial charge in [0.15, 0.2) is 11.5 Å². The molecule has 2 N–H and O–H groups in total. The molecule has 3 rings (SSSR count). The van der Waals surface area contributed by atoms with E-state index in [9.17, 15) is 0 Å². The van der Waals surface area contributed by atoms with Gasteiger partial charge in [-0.3, -0.25) is 4.90 Å². The molecule has 19 heavy (non-hydrogen) atoms.